The molecule has 0 spiro atoms. The largest absolute Gasteiger partial charge is 0.381 e. The summed E-state index contributed by atoms with van der Waals surface area (Å²) >= 11 is 12.0. The molecular weight excluding hydrogens is 387 g/mol. The Morgan fingerprint density at radius 1 is 0.926 bits per heavy atom. The molecule has 0 amide bonds. The van der Waals surface area contributed by atoms with Crippen LogP contribution in [-0.2, 0) is 6.54 Å². The Bertz CT molecular complexity index is 954. The first-order chi connectivity index (χ1) is 13.0. The molecule has 3 aromatic rings. The van der Waals surface area contributed by atoms with E-state index in [1.165, 1.54) is 17.7 Å². The Hall–Kier alpha value is -2.96. The number of nitro benzene ring substituents is 1. The van der Waals surface area contributed by atoms with Crippen molar-refractivity contribution in [1.82, 2.24) is 0 Å². The van der Waals surface area contributed by atoms with E-state index in [1.54, 1.807) is 12.1 Å². The van der Waals surface area contributed by atoms with Crippen molar-refractivity contribution in [3.8, 4) is 0 Å². The number of nitrogens with one attached hydrogen (secondary N) is 1. The molecule has 0 fully saturated rings. The van der Waals surface area contributed by atoms with Gasteiger partial charge in [-0.2, -0.15) is 5.11 Å². The van der Waals surface area contributed by atoms with Crippen molar-refractivity contribution < 1.29 is 4.92 Å². The summed E-state index contributed by atoms with van der Waals surface area (Å²) in [4.78, 5) is 10.2. The van der Waals surface area contributed by atoms with Crippen LogP contribution in [0, 0.1) is 10.1 Å². The van der Waals surface area contributed by atoms with E-state index in [0.717, 1.165) is 12.2 Å². The van der Waals surface area contributed by atoms with E-state index >= 15 is 0 Å². The summed E-state index contributed by atoms with van der Waals surface area (Å²) in [6.07, 6.45) is 0. The first kappa shape index (κ1) is 18.8. The van der Waals surface area contributed by atoms with Crippen LogP contribution >= 0.6 is 23.2 Å². The van der Waals surface area contributed by atoms with Gasteiger partial charge in [0.1, 0.15) is 5.69 Å². The van der Waals surface area contributed by atoms with E-state index in [4.69, 9.17) is 23.2 Å². The third-order valence-electron chi connectivity index (χ3n) is 3.68. The molecule has 0 aliphatic heterocycles. The van der Waals surface area contributed by atoms with Crippen molar-refractivity contribution >= 4 is 46.0 Å². The lowest BCUT2D eigenvalue weighted by molar-refractivity contribution is -0.384. The van der Waals surface area contributed by atoms with Gasteiger partial charge in [0, 0.05) is 24.4 Å². The first-order valence-electron chi connectivity index (χ1n) is 7.96. The lowest BCUT2D eigenvalue weighted by Gasteiger charge is -2.06. The number of anilines is 1. The van der Waals surface area contributed by atoms with Gasteiger partial charge in [-0.15, -0.1) is 5.11 Å². The number of azo groups is 1. The Morgan fingerprint density at radius 3 is 2.15 bits per heavy atom. The minimum Gasteiger partial charge on any atom is -0.381 e. The van der Waals surface area contributed by atoms with Crippen LogP contribution in [0.15, 0.2) is 77.0 Å². The summed E-state index contributed by atoms with van der Waals surface area (Å²) < 4.78 is 0. The zero-order valence-corrected chi connectivity index (χ0v) is 15.5. The Morgan fingerprint density at radius 2 is 1.56 bits per heavy atom. The number of halogens is 2. The summed E-state index contributed by atoms with van der Waals surface area (Å²) in [7, 11) is 0. The van der Waals surface area contributed by atoms with E-state index in [0.29, 0.717) is 5.69 Å². The first-order valence-corrected chi connectivity index (χ1v) is 8.71. The molecule has 0 aliphatic carbocycles. The van der Waals surface area contributed by atoms with E-state index in [9.17, 15) is 10.1 Å². The van der Waals surface area contributed by atoms with Gasteiger partial charge in [-0.05, 0) is 29.8 Å². The third kappa shape index (κ3) is 5.03. The number of rotatable bonds is 6. The summed E-state index contributed by atoms with van der Waals surface area (Å²) in [6.45, 7) is 0.718. The molecule has 0 radical (unpaired) electrons. The number of nitrogens with zero attached hydrogens (tertiary/aromatic N) is 3. The lowest BCUT2D eigenvalue weighted by atomic mass is 10.2. The minimum atomic E-state index is -0.570. The molecule has 0 saturated heterocycles. The van der Waals surface area contributed by atoms with E-state index in [1.807, 2.05) is 42.5 Å². The van der Waals surface area contributed by atoms with Crippen LogP contribution in [0.3, 0.4) is 0 Å². The van der Waals surface area contributed by atoms with E-state index < -0.39 is 4.92 Å². The van der Waals surface area contributed by atoms with Crippen LogP contribution < -0.4 is 5.32 Å². The van der Waals surface area contributed by atoms with Crippen molar-refractivity contribution in [1.29, 1.82) is 0 Å². The fourth-order valence-corrected chi connectivity index (χ4v) is 2.86. The zero-order valence-electron chi connectivity index (χ0n) is 14.0. The van der Waals surface area contributed by atoms with Crippen LogP contribution in [0.5, 0.6) is 0 Å². The average Bonchev–Trinajstić information content (AvgIpc) is 2.67. The third-order valence-corrected chi connectivity index (χ3v) is 4.26. The molecule has 0 heterocycles. The topological polar surface area (TPSA) is 79.9 Å². The Kier molecular flexibility index (Phi) is 6.01. The van der Waals surface area contributed by atoms with Gasteiger partial charge in [-0.3, -0.25) is 10.1 Å². The maximum absolute atomic E-state index is 10.8. The Balaban J connectivity index is 1.68. The van der Waals surface area contributed by atoms with Gasteiger partial charge in [0.25, 0.3) is 5.69 Å². The normalized spacial score (nSPS) is 10.9. The highest BCUT2D eigenvalue weighted by Crippen LogP contribution is 2.37. The lowest BCUT2D eigenvalue weighted by Crippen LogP contribution is -1.98. The van der Waals surface area contributed by atoms with Crippen LogP contribution in [0.2, 0.25) is 10.0 Å². The van der Waals surface area contributed by atoms with Gasteiger partial charge >= 0.3 is 0 Å². The van der Waals surface area contributed by atoms with Crippen LogP contribution in [0.1, 0.15) is 5.56 Å². The number of hydrogen-bond acceptors (Lipinski definition) is 5. The molecule has 3 rings (SSSR count). The van der Waals surface area contributed by atoms with Crippen molar-refractivity contribution in [2.45, 2.75) is 6.54 Å². The van der Waals surface area contributed by atoms with Gasteiger partial charge in [0.2, 0.25) is 0 Å². The molecule has 0 unspecified atom stereocenters. The minimum absolute atomic E-state index is 0.0686. The molecule has 136 valence electrons. The highest BCUT2D eigenvalue weighted by atomic mass is 35.5. The predicted octanol–water partition coefficient (Wildman–Crippen LogP) is 6.93. The van der Waals surface area contributed by atoms with Crippen LogP contribution in [-0.4, -0.2) is 4.92 Å². The Labute approximate surface area is 165 Å². The van der Waals surface area contributed by atoms with E-state index in [2.05, 4.69) is 15.5 Å². The predicted molar refractivity (Wildman–Crippen MR) is 108 cm³/mol. The summed E-state index contributed by atoms with van der Waals surface area (Å²) in [5, 5.41) is 22.4. The van der Waals surface area contributed by atoms with Crippen molar-refractivity contribution in [2.75, 3.05) is 5.32 Å². The quantitative estimate of drug-likeness (QED) is 0.276. The molecule has 0 atom stereocenters. The van der Waals surface area contributed by atoms with Gasteiger partial charge in [0.15, 0.2) is 0 Å². The molecule has 6 nitrogen and oxygen atoms in total. The summed E-state index contributed by atoms with van der Waals surface area (Å²) in [5.74, 6) is 0. The second-order valence-electron chi connectivity index (χ2n) is 5.60. The second-order valence-corrected chi connectivity index (χ2v) is 6.42. The van der Waals surface area contributed by atoms with E-state index in [-0.39, 0.29) is 21.4 Å². The highest BCUT2D eigenvalue weighted by Gasteiger charge is 2.14. The van der Waals surface area contributed by atoms with Crippen molar-refractivity contribution in [3.63, 3.8) is 0 Å². The van der Waals surface area contributed by atoms with Crippen molar-refractivity contribution in [3.05, 3.63) is 92.5 Å². The van der Waals surface area contributed by atoms with Crippen LogP contribution in [0.25, 0.3) is 0 Å². The molecule has 1 N–H and O–H groups in total. The van der Waals surface area contributed by atoms with Gasteiger partial charge in [-0.1, -0.05) is 53.5 Å². The number of non-ortho nitro benzene ring substituents is 1. The molecular formula is C19H14Cl2N4O2. The van der Waals surface area contributed by atoms with Crippen LogP contribution in [0.4, 0.5) is 22.7 Å². The molecule has 0 bridgehead atoms. The molecule has 8 heteroatoms. The maximum Gasteiger partial charge on any atom is 0.272 e. The highest BCUT2D eigenvalue weighted by molar-refractivity contribution is 6.39. The molecule has 0 aliphatic rings. The zero-order chi connectivity index (χ0) is 19.2. The molecule has 0 saturated carbocycles. The van der Waals surface area contributed by atoms with Gasteiger partial charge in [0.05, 0.1) is 20.7 Å². The fraction of sp³-hybridized carbons (Fsp3) is 0.0526. The van der Waals surface area contributed by atoms with Gasteiger partial charge < -0.3 is 5.32 Å². The smallest absolute Gasteiger partial charge is 0.272 e. The average molecular weight is 401 g/mol. The molecule has 0 aromatic heterocycles. The number of nitro groups is 1. The number of benzene rings is 3. The fourth-order valence-electron chi connectivity index (χ4n) is 2.31. The maximum atomic E-state index is 10.8. The second kappa shape index (κ2) is 8.62. The monoisotopic (exact) mass is 400 g/mol. The molecule has 27 heavy (non-hydrogen) atoms. The SMILES string of the molecule is O=[N+]([O-])c1cc(Cl)c(N=Nc2ccc(NCc3ccccc3)cc2)c(Cl)c1. The molecule has 3 aromatic carbocycles. The summed E-state index contributed by atoms with van der Waals surface area (Å²) in [5.41, 5.74) is 2.73. The summed E-state index contributed by atoms with van der Waals surface area (Å²) in [6, 6.07) is 19.8. The standard InChI is InChI=1S/C19H14Cl2N4O2/c20-17-10-16(25(26)27)11-18(21)19(17)24-23-15-8-6-14(7-9-15)22-12-13-4-2-1-3-5-13/h1-11,22H,12H2. The van der Waals surface area contributed by atoms with Crippen molar-refractivity contribution in [2.24, 2.45) is 10.2 Å². The van der Waals surface area contributed by atoms with Gasteiger partial charge in [-0.25, -0.2) is 0 Å². The number of hydrogen-bond donors (Lipinski definition) is 1.